The quantitative estimate of drug-likeness (QED) is 0.487. The molecule has 0 spiro atoms. The van der Waals surface area contributed by atoms with Crippen LogP contribution in [0.25, 0.3) is 0 Å². The molecule has 178 valence electrons. The lowest BCUT2D eigenvalue weighted by atomic mass is 10.0. The zero-order valence-electron chi connectivity index (χ0n) is 17.8. The minimum Gasteiger partial charge on any atom is -0.481 e. The molecule has 2 fully saturated rings. The maximum absolute atomic E-state index is 13.7. The van der Waals surface area contributed by atoms with E-state index in [9.17, 15) is 28.4 Å². The van der Waals surface area contributed by atoms with Crippen LogP contribution in [0.4, 0.5) is 4.39 Å². The topological polar surface area (TPSA) is 136 Å². The van der Waals surface area contributed by atoms with Crippen molar-refractivity contribution in [3.05, 3.63) is 35.6 Å². The fourth-order valence-corrected chi connectivity index (χ4v) is 4.39. The number of piperidine rings is 1. The molecule has 0 aliphatic carbocycles. The van der Waals surface area contributed by atoms with E-state index in [1.165, 1.54) is 28.0 Å². The summed E-state index contributed by atoms with van der Waals surface area (Å²) in [6, 6.07) is 3.28. The number of aliphatic carboxylic acids is 1. The molecule has 3 rings (SSSR count). The molecular formula is C21H25FN4O6S. The van der Waals surface area contributed by atoms with Crippen LogP contribution in [0.3, 0.4) is 0 Å². The number of rotatable bonds is 7. The summed E-state index contributed by atoms with van der Waals surface area (Å²) in [5, 5.41) is 14.1. The van der Waals surface area contributed by atoms with E-state index >= 15 is 0 Å². The van der Waals surface area contributed by atoms with E-state index in [0.717, 1.165) is 17.8 Å². The second-order valence-electron chi connectivity index (χ2n) is 7.75. The predicted octanol–water partition coefficient (Wildman–Crippen LogP) is -0.309. The molecule has 0 unspecified atom stereocenters. The van der Waals surface area contributed by atoms with Gasteiger partial charge in [-0.2, -0.15) is 0 Å². The Kier molecular flexibility index (Phi) is 8.26. The van der Waals surface area contributed by atoms with Crippen LogP contribution >= 0.6 is 11.8 Å². The first-order valence-corrected chi connectivity index (χ1v) is 11.6. The van der Waals surface area contributed by atoms with Gasteiger partial charge in [0.1, 0.15) is 17.9 Å². The van der Waals surface area contributed by atoms with Crippen LogP contribution < -0.4 is 10.6 Å². The van der Waals surface area contributed by atoms with Gasteiger partial charge in [0.05, 0.1) is 18.1 Å². The highest BCUT2D eigenvalue weighted by Gasteiger charge is 2.39. The number of amides is 4. The Morgan fingerprint density at radius 1 is 1.21 bits per heavy atom. The van der Waals surface area contributed by atoms with Crippen molar-refractivity contribution in [1.82, 2.24) is 20.4 Å². The number of thioether (sulfide) groups is 1. The zero-order chi connectivity index (χ0) is 24.0. The third-order valence-corrected chi connectivity index (χ3v) is 6.32. The first kappa shape index (κ1) is 24.5. The predicted molar refractivity (Wildman–Crippen MR) is 117 cm³/mol. The van der Waals surface area contributed by atoms with E-state index in [1.54, 1.807) is 0 Å². The number of carbonyl (C=O) groups is 5. The van der Waals surface area contributed by atoms with E-state index in [4.69, 9.17) is 5.11 Å². The molecular weight excluding hydrogens is 455 g/mol. The summed E-state index contributed by atoms with van der Waals surface area (Å²) >= 11 is 0.941. The van der Waals surface area contributed by atoms with Crippen molar-refractivity contribution >= 4 is 41.4 Å². The summed E-state index contributed by atoms with van der Waals surface area (Å²) in [4.78, 5) is 64.2. The maximum atomic E-state index is 13.7. The lowest BCUT2D eigenvalue weighted by Gasteiger charge is -2.41. The number of carboxylic acids is 1. The van der Waals surface area contributed by atoms with Gasteiger partial charge in [0.15, 0.2) is 0 Å². The Bertz CT molecular complexity index is 945. The lowest BCUT2D eigenvalue weighted by Crippen LogP contribution is -2.63. The second kappa shape index (κ2) is 11.1. The Balaban J connectivity index is 1.76. The Morgan fingerprint density at radius 3 is 2.70 bits per heavy atom. The fourth-order valence-electron chi connectivity index (χ4n) is 3.76. The van der Waals surface area contributed by atoms with Crippen LogP contribution in [0.1, 0.15) is 23.2 Å². The number of nitrogens with one attached hydrogen (secondary N) is 2. The van der Waals surface area contributed by atoms with Crippen molar-refractivity contribution in [2.75, 3.05) is 37.7 Å². The molecule has 2 aliphatic rings. The molecule has 0 bridgehead atoms. The van der Waals surface area contributed by atoms with Crippen LogP contribution in [0.5, 0.6) is 0 Å². The number of benzene rings is 1. The molecule has 2 heterocycles. The number of nitrogens with zero attached hydrogens (tertiary/aromatic N) is 2. The van der Waals surface area contributed by atoms with Crippen molar-refractivity contribution in [2.24, 2.45) is 0 Å². The molecule has 2 aliphatic heterocycles. The van der Waals surface area contributed by atoms with Gasteiger partial charge in [-0.05, 0) is 31.0 Å². The van der Waals surface area contributed by atoms with Crippen LogP contribution in [0, 0.1) is 5.82 Å². The average Bonchev–Trinajstić information content (AvgIpc) is 2.79. The van der Waals surface area contributed by atoms with Crippen molar-refractivity contribution in [3.63, 3.8) is 0 Å². The molecule has 10 nitrogen and oxygen atoms in total. The van der Waals surface area contributed by atoms with Gasteiger partial charge in [0.25, 0.3) is 5.91 Å². The molecule has 2 saturated heterocycles. The third-order valence-electron chi connectivity index (χ3n) is 5.42. The summed E-state index contributed by atoms with van der Waals surface area (Å²) < 4.78 is 13.7. The molecule has 2 atom stereocenters. The van der Waals surface area contributed by atoms with E-state index in [-0.39, 0.29) is 48.5 Å². The van der Waals surface area contributed by atoms with Crippen LogP contribution in [0.2, 0.25) is 0 Å². The number of carbonyl (C=O) groups excluding carboxylic acids is 4. The molecule has 3 N–H and O–H groups in total. The van der Waals surface area contributed by atoms with Crippen LogP contribution in [-0.4, -0.2) is 94.3 Å². The molecule has 1 aromatic rings. The standard InChI is InChI=1S/C21H25FN4O6S/c22-14-4-1-3-13(9-14)21(32)26-8-7-25(17(27)11-33-12-18(28)29)10-16(26)20(31)24-15-5-2-6-23-19(15)30/h1,3-4,9,15-16H,2,5-8,10-12H2,(H,23,30)(H,24,31)(H,28,29)/t15-,16-/m0/s1. The first-order valence-electron chi connectivity index (χ1n) is 10.5. The molecule has 4 amide bonds. The monoisotopic (exact) mass is 480 g/mol. The smallest absolute Gasteiger partial charge is 0.313 e. The number of hydrogen-bond donors (Lipinski definition) is 3. The normalized spacial score (nSPS) is 20.7. The number of halogens is 1. The van der Waals surface area contributed by atoms with Crippen molar-refractivity contribution < 1.29 is 33.5 Å². The van der Waals surface area contributed by atoms with Gasteiger partial charge >= 0.3 is 5.97 Å². The highest BCUT2D eigenvalue weighted by atomic mass is 32.2. The zero-order valence-corrected chi connectivity index (χ0v) is 18.6. The van der Waals surface area contributed by atoms with Crippen molar-refractivity contribution in [1.29, 1.82) is 0 Å². The molecule has 0 radical (unpaired) electrons. The van der Waals surface area contributed by atoms with E-state index in [2.05, 4.69) is 10.6 Å². The maximum Gasteiger partial charge on any atom is 0.313 e. The summed E-state index contributed by atoms with van der Waals surface area (Å²) in [6.07, 6.45) is 1.15. The van der Waals surface area contributed by atoms with Gasteiger partial charge in [-0.1, -0.05) is 6.07 Å². The van der Waals surface area contributed by atoms with Crippen LogP contribution in [0.15, 0.2) is 24.3 Å². The first-order chi connectivity index (χ1) is 15.8. The van der Waals surface area contributed by atoms with Gasteiger partial charge < -0.3 is 25.5 Å². The number of hydrogen-bond acceptors (Lipinski definition) is 6. The Morgan fingerprint density at radius 2 is 2.00 bits per heavy atom. The highest BCUT2D eigenvalue weighted by Crippen LogP contribution is 2.18. The van der Waals surface area contributed by atoms with Gasteiger partial charge in [-0.15, -0.1) is 11.8 Å². The molecule has 0 aromatic heterocycles. The van der Waals surface area contributed by atoms with E-state index in [1.807, 2.05) is 0 Å². The highest BCUT2D eigenvalue weighted by molar-refractivity contribution is 8.00. The van der Waals surface area contributed by atoms with Crippen molar-refractivity contribution in [2.45, 2.75) is 24.9 Å². The van der Waals surface area contributed by atoms with Crippen LogP contribution in [-0.2, 0) is 19.2 Å². The third kappa shape index (κ3) is 6.44. The van der Waals surface area contributed by atoms with Crippen molar-refractivity contribution in [3.8, 4) is 0 Å². The Labute approximate surface area is 193 Å². The summed E-state index contributed by atoms with van der Waals surface area (Å²) in [5.74, 6) is -3.76. The van der Waals surface area contributed by atoms with Gasteiger partial charge in [0, 0.05) is 25.2 Å². The second-order valence-corrected chi connectivity index (χ2v) is 8.73. The van der Waals surface area contributed by atoms with E-state index in [0.29, 0.717) is 19.4 Å². The summed E-state index contributed by atoms with van der Waals surface area (Å²) in [5.41, 5.74) is 0.0694. The van der Waals surface area contributed by atoms with Gasteiger partial charge in [0.2, 0.25) is 17.7 Å². The number of carboxylic acid groups (broad SMARTS) is 1. The minimum absolute atomic E-state index is 0.0274. The SMILES string of the molecule is O=C(O)CSCC(=O)N1CCN(C(=O)c2cccc(F)c2)[C@H](C(=O)N[C@H]2CCCNC2=O)C1. The molecule has 1 aromatic carbocycles. The van der Waals surface area contributed by atoms with E-state index < -0.39 is 35.7 Å². The number of piperazine rings is 1. The largest absolute Gasteiger partial charge is 0.481 e. The fraction of sp³-hybridized carbons (Fsp3) is 0.476. The minimum atomic E-state index is -1.09. The lowest BCUT2D eigenvalue weighted by molar-refractivity contribution is -0.137. The van der Waals surface area contributed by atoms with Gasteiger partial charge in [-0.3, -0.25) is 24.0 Å². The Hall–Kier alpha value is -3.15. The average molecular weight is 481 g/mol. The molecule has 33 heavy (non-hydrogen) atoms. The molecule has 0 saturated carbocycles. The van der Waals surface area contributed by atoms with Gasteiger partial charge in [-0.25, -0.2) is 4.39 Å². The summed E-state index contributed by atoms with van der Waals surface area (Å²) in [7, 11) is 0. The summed E-state index contributed by atoms with van der Waals surface area (Å²) in [6.45, 7) is 0.573. The molecule has 12 heteroatoms.